The van der Waals surface area contributed by atoms with Gasteiger partial charge in [-0.15, -0.1) is 10.2 Å². The van der Waals surface area contributed by atoms with Crippen LogP contribution >= 0.6 is 0 Å². The van der Waals surface area contributed by atoms with Gasteiger partial charge in [-0.05, 0) is 6.42 Å². The monoisotopic (exact) mass is 638 g/mol. The van der Waals surface area contributed by atoms with E-state index in [-0.39, 0.29) is 18.9 Å². The molecule has 0 saturated heterocycles. The van der Waals surface area contributed by atoms with Crippen LogP contribution in [0.4, 0.5) is 57.1 Å². The van der Waals surface area contributed by atoms with Crippen LogP contribution in [0.15, 0.2) is 12.4 Å². The lowest BCUT2D eigenvalue weighted by Crippen LogP contribution is -2.70. The molecule has 242 valence electrons. The fourth-order valence-electron chi connectivity index (χ4n) is 3.56. The van der Waals surface area contributed by atoms with Gasteiger partial charge in [0.15, 0.2) is 0 Å². The maximum Gasteiger partial charge on any atom is 0.460 e. The largest absolute Gasteiger partial charge is 0.460 e. The van der Waals surface area contributed by atoms with Crippen LogP contribution in [0.5, 0.6) is 0 Å². The van der Waals surface area contributed by atoms with Crippen molar-refractivity contribution >= 4 is 0 Å². The molecule has 0 aliphatic carbocycles. The van der Waals surface area contributed by atoms with Gasteiger partial charge in [-0.3, -0.25) is 9.36 Å². The number of aromatic nitrogens is 6. The van der Waals surface area contributed by atoms with Crippen LogP contribution in [0.25, 0.3) is 0 Å². The Kier molecular flexibility index (Phi) is 11.3. The molecule has 0 unspecified atom stereocenters. The van der Waals surface area contributed by atoms with Crippen LogP contribution in [0.3, 0.4) is 0 Å². The minimum atomic E-state index is -7.93. The molecule has 42 heavy (non-hydrogen) atoms. The van der Waals surface area contributed by atoms with E-state index in [1.54, 1.807) is 10.9 Å². The fourth-order valence-corrected chi connectivity index (χ4v) is 3.56. The summed E-state index contributed by atoms with van der Waals surface area (Å²) in [5.74, 6) is -37.0. The molecule has 2 aromatic rings. The summed E-state index contributed by atoms with van der Waals surface area (Å²) in [6.45, 7) is 0.942. The first kappa shape index (κ1) is 35.5. The molecular formula is C22H27F13N6O. The van der Waals surface area contributed by atoms with Gasteiger partial charge in [-0.2, -0.15) is 57.1 Å². The smallest absolute Gasteiger partial charge is 0.369 e. The molecule has 0 aliphatic rings. The minimum Gasteiger partial charge on any atom is -0.369 e. The normalized spacial score (nSPS) is 14.1. The van der Waals surface area contributed by atoms with Crippen LogP contribution in [0.1, 0.15) is 63.3 Å². The van der Waals surface area contributed by atoms with E-state index in [9.17, 15) is 57.1 Å². The van der Waals surface area contributed by atoms with E-state index in [2.05, 4.69) is 27.5 Å². The summed E-state index contributed by atoms with van der Waals surface area (Å²) in [6.07, 6.45) is -0.941. The lowest BCUT2D eigenvalue weighted by molar-refractivity contribution is -0.440. The Morgan fingerprint density at radius 1 is 0.595 bits per heavy atom. The molecule has 0 aliphatic heterocycles. The Labute approximate surface area is 230 Å². The van der Waals surface area contributed by atoms with Crippen molar-refractivity contribution in [1.29, 1.82) is 0 Å². The first-order valence-electron chi connectivity index (χ1n) is 12.5. The summed E-state index contributed by atoms with van der Waals surface area (Å²) in [7, 11) is 0. The standard InChI is InChI=1S/C22H27F13N6O/c1-2-3-4-5-6-7-9-40-11-15(36-38-40)13-42-14-16-12-41(39-37-16)10-8-17(23,24)18(25,26)19(27,28)20(29,30)21(31,32)22(33,34)35/h11-12H,2-10,13-14H2,1H3. The Morgan fingerprint density at radius 2 is 1.05 bits per heavy atom. The number of ether oxygens (including phenoxy) is 1. The molecule has 0 aromatic carbocycles. The number of aryl methyl sites for hydroxylation is 2. The van der Waals surface area contributed by atoms with Crippen LogP contribution < -0.4 is 0 Å². The number of hydrogen-bond acceptors (Lipinski definition) is 5. The molecule has 0 N–H and O–H groups in total. The van der Waals surface area contributed by atoms with Crippen LogP contribution in [-0.4, -0.2) is 65.8 Å². The van der Waals surface area contributed by atoms with Gasteiger partial charge in [0.2, 0.25) is 0 Å². The van der Waals surface area contributed by atoms with Gasteiger partial charge in [0.1, 0.15) is 11.4 Å². The van der Waals surface area contributed by atoms with Crippen molar-refractivity contribution in [2.24, 2.45) is 0 Å². The highest BCUT2D eigenvalue weighted by atomic mass is 19.4. The number of halogens is 13. The minimum absolute atomic E-state index is 0.0776. The molecule has 2 heterocycles. The first-order valence-corrected chi connectivity index (χ1v) is 12.5. The van der Waals surface area contributed by atoms with Crippen molar-refractivity contribution in [1.82, 2.24) is 30.0 Å². The lowest BCUT2D eigenvalue weighted by atomic mass is 9.92. The highest BCUT2D eigenvalue weighted by molar-refractivity contribution is 5.10. The van der Waals surface area contributed by atoms with Gasteiger partial charge in [0.25, 0.3) is 0 Å². The van der Waals surface area contributed by atoms with E-state index in [4.69, 9.17) is 4.74 Å². The van der Waals surface area contributed by atoms with Crippen molar-refractivity contribution in [2.75, 3.05) is 0 Å². The molecule has 2 rings (SSSR count). The first-order chi connectivity index (χ1) is 19.2. The quantitative estimate of drug-likeness (QED) is 0.129. The van der Waals surface area contributed by atoms with E-state index in [0.717, 1.165) is 38.3 Å². The summed E-state index contributed by atoms with van der Waals surface area (Å²) in [5.41, 5.74) is 0.343. The van der Waals surface area contributed by atoms with E-state index in [1.807, 2.05) is 0 Å². The molecule has 0 saturated carbocycles. The van der Waals surface area contributed by atoms with Gasteiger partial charge in [0.05, 0.1) is 25.6 Å². The lowest BCUT2D eigenvalue weighted by Gasteiger charge is -2.39. The Bertz CT molecular complexity index is 1120. The fraction of sp³-hybridized carbons (Fsp3) is 0.818. The Balaban J connectivity index is 1.91. The van der Waals surface area contributed by atoms with Gasteiger partial charge in [0, 0.05) is 19.5 Å². The highest BCUT2D eigenvalue weighted by Gasteiger charge is 2.90. The Morgan fingerprint density at radius 3 is 1.55 bits per heavy atom. The second-order valence-electron chi connectivity index (χ2n) is 9.46. The van der Waals surface area contributed by atoms with Crippen LogP contribution in [0, 0.1) is 0 Å². The van der Waals surface area contributed by atoms with E-state index >= 15 is 0 Å². The molecule has 0 fully saturated rings. The third kappa shape index (κ3) is 7.64. The average Bonchev–Trinajstić information content (AvgIpc) is 3.53. The maximum absolute atomic E-state index is 14.0. The zero-order chi connectivity index (χ0) is 32.0. The van der Waals surface area contributed by atoms with Crippen molar-refractivity contribution in [2.45, 2.75) is 114 Å². The number of hydrogen-bond donors (Lipinski definition) is 0. The molecule has 0 spiro atoms. The molecule has 0 radical (unpaired) electrons. The molecule has 20 heteroatoms. The average molecular weight is 638 g/mol. The zero-order valence-electron chi connectivity index (χ0n) is 21.9. The SMILES string of the molecule is CCCCCCCCn1cc(COCc2cn(CCC(F)(F)C(F)(F)C(F)(F)C(F)(F)C(F)(F)C(F)(F)F)nn2)nn1. The third-order valence-corrected chi connectivity index (χ3v) is 6.07. The molecule has 0 amide bonds. The van der Waals surface area contributed by atoms with E-state index in [0.29, 0.717) is 16.9 Å². The van der Waals surface area contributed by atoms with Gasteiger partial charge in [-0.25, -0.2) is 0 Å². The third-order valence-electron chi connectivity index (χ3n) is 6.07. The predicted octanol–water partition coefficient (Wildman–Crippen LogP) is 7.08. The molecule has 0 atom stereocenters. The second-order valence-corrected chi connectivity index (χ2v) is 9.46. The highest BCUT2D eigenvalue weighted by Crippen LogP contribution is 2.60. The summed E-state index contributed by atoms with van der Waals surface area (Å²) in [6, 6.07) is 0. The van der Waals surface area contributed by atoms with Gasteiger partial charge >= 0.3 is 35.8 Å². The second kappa shape index (κ2) is 13.3. The van der Waals surface area contributed by atoms with E-state index in [1.165, 1.54) is 6.42 Å². The molecule has 0 bridgehead atoms. The summed E-state index contributed by atoms with van der Waals surface area (Å²) < 4.78 is 179. The number of unbranched alkanes of at least 4 members (excludes halogenated alkanes) is 5. The predicted molar refractivity (Wildman–Crippen MR) is 117 cm³/mol. The van der Waals surface area contributed by atoms with Gasteiger partial charge in [-0.1, -0.05) is 49.5 Å². The van der Waals surface area contributed by atoms with Crippen molar-refractivity contribution < 1.29 is 61.8 Å². The number of alkyl halides is 13. The van der Waals surface area contributed by atoms with Gasteiger partial charge < -0.3 is 4.74 Å². The summed E-state index contributed by atoms with van der Waals surface area (Å²) in [5, 5.41) is 14.5. The molecular weight excluding hydrogens is 611 g/mol. The van der Waals surface area contributed by atoms with Crippen LogP contribution in [-0.2, 0) is 31.0 Å². The summed E-state index contributed by atoms with van der Waals surface area (Å²) >= 11 is 0. The molecule has 7 nitrogen and oxygen atoms in total. The summed E-state index contributed by atoms with van der Waals surface area (Å²) in [4.78, 5) is 0. The molecule has 2 aromatic heterocycles. The van der Waals surface area contributed by atoms with Crippen LogP contribution in [0.2, 0.25) is 0 Å². The number of rotatable bonds is 18. The van der Waals surface area contributed by atoms with Crippen molar-refractivity contribution in [3.05, 3.63) is 23.8 Å². The van der Waals surface area contributed by atoms with Crippen molar-refractivity contribution in [3.63, 3.8) is 0 Å². The topological polar surface area (TPSA) is 70.7 Å². The number of nitrogens with zero attached hydrogens (tertiary/aromatic N) is 6. The van der Waals surface area contributed by atoms with E-state index < -0.39 is 48.8 Å². The zero-order valence-corrected chi connectivity index (χ0v) is 21.9. The Hall–Kier alpha value is -2.67. The maximum atomic E-state index is 14.0. The van der Waals surface area contributed by atoms with Crippen molar-refractivity contribution in [3.8, 4) is 0 Å².